The lowest BCUT2D eigenvalue weighted by Crippen LogP contribution is -2.52. The maximum Gasteiger partial charge on any atom is 0.227 e. The molecule has 3 aromatic rings. The summed E-state index contributed by atoms with van der Waals surface area (Å²) in [6, 6.07) is 9.98. The number of imidazole rings is 1. The van der Waals surface area contributed by atoms with Crippen LogP contribution in [0.15, 0.2) is 42.9 Å². The van der Waals surface area contributed by atoms with Crippen LogP contribution in [0.25, 0.3) is 22.2 Å². The van der Waals surface area contributed by atoms with Crippen molar-refractivity contribution in [1.82, 2.24) is 24.8 Å². The number of ether oxygens (including phenoxy) is 1. The van der Waals surface area contributed by atoms with Gasteiger partial charge in [0.1, 0.15) is 11.9 Å². The van der Waals surface area contributed by atoms with Crippen LogP contribution < -0.4 is 10.1 Å². The highest BCUT2D eigenvalue weighted by Gasteiger charge is 2.31. The van der Waals surface area contributed by atoms with Crippen molar-refractivity contribution < 1.29 is 14.3 Å². The lowest BCUT2D eigenvalue weighted by Gasteiger charge is -2.36. The van der Waals surface area contributed by atoms with Crippen LogP contribution in [0.1, 0.15) is 51.6 Å². The molecule has 3 heterocycles. The molecule has 2 aromatic heterocycles. The lowest BCUT2D eigenvalue weighted by molar-refractivity contribution is -0.131. The molecule has 1 amide bonds. The minimum absolute atomic E-state index is 0.00789. The number of likely N-dealkylation sites (tertiary alicyclic amines) is 1. The van der Waals surface area contributed by atoms with Crippen molar-refractivity contribution >= 4 is 22.6 Å². The number of unbranched alkanes of at least 4 members (excludes halogenated alkanes) is 2. The Morgan fingerprint density at radius 3 is 2.74 bits per heavy atom. The highest BCUT2D eigenvalue weighted by atomic mass is 16.5. The molecule has 8 nitrogen and oxygen atoms in total. The number of carbonyl (C=O) groups is 2. The summed E-state index contributed by atoms with van der Waals surface area (Å²) < 4.78 is 7.66. The highest BCUT2D eigenvalue weighted by Crippen LogP contribution is 2.33. The van der Waals surface area contributed by atoms with Gasteiger partial charge in [0.15, 0.2) is 0 Å². The standard InChI is InChI=1S/C27H35N5O3/c1-4-21(33)11-6-5-7-13-25(30-26(34)20-16-31(2)17-20)32-18-28-15-24(32)22-14-19-10-8-9-12-23(19)29-27(22)35-3/h8-10,12,14-15,18,20,25H,4-7,11,13,16-17H2,1-3H3,(H,30,34)/t25-/m0/s1. The minimum atomic E-state index is -0.246. The second-order valence-corrected chi connectivity index (χ2v) is 9.36. The molecule has 0 aliphatic carbocycles. The first-order valence-corrected chi connectivity index (χ1v) is 12.5. The summed E-state index contributed by atoms with van der Waals surface area (Å²) in [5, 5.41) is 4.28. The Morgan fingerprint density at radius 1 is 1.20 bits per heavy atom. The van der Waals surface area contributed by atoms with Crippen LogP contribution in [-0.2, 0) is 9.59 Å². The van der Waals surface area contributed by atoms with Gasteiger partial charge in [-0.2, -0.15) is 0 Å². The van der Waals surface area contributed by atoms with Crippen LogP contribution in [0.2, 0.25) is 0 Å². The molecule has 35 heavy (non-hydrogen) atoms. The maximum atomic E-state index is 13.0. The van der Waals surface area contributed by atoms with Gasteiger partial charge in [0.2, 0.25) is 11.8 Å². The van der Waals surface area contributed by atoms with E-state index in [-0.39, 0.29) is 18.0 Å². The van der Waals surface area contributed by atoms with Crippen molar-refractivity contribution in [3.8, 4) is 17.1 Å². The molecule has 4 rings (SSSR count). The zero-order valence-electron chi connectivity index (χ0n) is 20.9. The Labute approximate surface area is 206 Å². The lowest BCUT2D eigenvalue weighted by atomic mass is 10.00. The molecule has 1 saturated heterocycles. The van der Waals surface area contributed by atoms with E-state index in [9.17, 15) is 9.59 Å². The van der Waals surface area contributed by atoms with Crippen molar-refractivity contribution in [1.29, 1.82) is 0 Å². The van der Waals surface area contributed by atoms with E-state index in [4.69, 9.17) is 9.72 Å². The number of amides is 1. The van der Waals surface area contributed by atoms with Crippen LogP contribution in [0.5, 0.6) is 5.88 Å². The fourth-order valence-electron chi connectivity index (χ4n) is 4.64. The number of aromatic nitrogens is 3. The number of hydrogen-bond donors (Lipinski definition) is 1. The van der Waals surface area contributed by atoms with E-state index in [0.29, 0.717) is 24.5 Å². The molecule has 1 atom stereocenters. The number of pyridine rings is 1. The second-order valence-electron chi connectivity index (χ2n) is 9.36. The first-order chi connectivity index (χ1) is 17.0. The third-order valence-electron chi connectivity index (χ3n) is 6.73. The molecular weight excluding hydrogens is 442 g/mol. The summed E-state index contributed by atoms with van der Waals surface area (Å²) in [6.07, 6.45) is 8.00. The Hall–Kier alpha value is -3.26. The van der Waals surface area contributed by atoms with Crippen LogP contribution in [0.4, 0.5) is 0 Å². The van der Waals surface area contributed by atoms with E-state index in [0.717, 1.165) is 60.9 Å². The third-order valence-corrected chi connectivity index (χ3v) is 6.73. The zero-order valence-corrected chi connectivity index (χ0v) is 20.9. The van der Waals surface area contributed by atoms with Crippen molar-refractivity contribution in [3.63, 3.8) is 0 Å². The smallest absolute Gasteiger partial charge is 0.227 e. The molecule has 0 unspecified atom stereocenters. The first kappa shape index (κ1) is 24.9. The van der Waals surface area contributed by atoms with Gasteiger partial charge in [0.05, 0.1) is 42.3 Å². The Balaban J connectivity index is 1.58. The molecule has 1 aromatic carbocycles. The van der Waals surface area contributed by atoms with Crippen molar-refractivity contribution in [2.45, 2.75) is 51.6 Å². The van der Waals surface area contributed by atoms with E-state index in [1.54, 1.807) is 19.6 Å². The van der Waals surface area contributed by atoms with Crippen molar-refractivity contribution in [2.75, 3.05) is 27.2 Å². The van der Waals surface area contributed by atoms with E-state index < -0.39 is 0 Å². The number of rotatable bonds is 12. The number of para-hydroxylation sites is 1. The van der Waals surface area contributed by atoms with Crippen LogP contribution in [0.3, 0.4) is 0 Å². The van der Waals surface area contributed by atoms with Gasteiger partial charge < -0.3 is 19.5 Å². The molecule has 1 N–H and O–H groups in total. The number of methoxy groups -OCH3 is 1. The van der Waals surface area contributed by atoms with Gasteiger partial charge in [-0.15, -0.1) is 0 Å². The number of Topliss-reactive ketones (excluding diaryl/α,β-unsaturated/α-hetero) is 1. The molecule has 0 radical (unpaired) electrons. The number of nitrogens with one attached hydrogen (secondary N) is 1. The summed E-state index contributed by atoms with van der Waals surface area (Å²) in [4.78, 5) is 35.9. The fourth-order valence-corrected chi connectivity index (χ4v) is 4.64. The number of hydrogen-bond acceptors (Lipinski definition) is 6. The van der Waals surface area contributed by atoms with Gasteiger partial charge >= 0.3 is 0 Å². The number of ketones is 1. The average Bonchev–Trinajstić information content (AvgIpc) is 3.34. The van der Waals surface area contributed by atoms with Gasteiger partial charge in [-0.25, -0.2) is 9.97 Å². The SMILES string of the molecule is CCC(=O)CCCCC[C@@H](NC(=O)C1CN(C)C1)n1cncc1-c1cc2ccccc2nc1OC. The summed E-state index contributed by atoms with van der Waals surface area (Å²) in [7, 11) is 3.64. The normalized spacial score (nSPS) is 15.1. The van der Waals surface area contributed by atoms with Gasteiger partial charge in [0.25, 0.3) is 0 Å². The Bertz CT molecular complexity index is 1170. The maximum absolute atomic E-state index is 13.0. The number of nitrogens with zero attached hydrogens (tertiary/aromatic N) is 4. The molecule has 8 heteroatoms. The van der Waals surface area contributed by atoms with E-state index in [1.807, 2.05) is 42.8 Å². The van der Waals surface area contributed by atoms with Gasteiger partial charge in [-0.1, -0.05) is 31.5 Å². The van der Waals surface area contributed by atoms with E-state index in [2.05, 4.69) is 21.3 Å². The summed E-state index contributed by atoms with van der Waals surface area (Å²) in [6.45, 7) is 3.45. The predicted octanol–water partition coefficient (Wildman–Crippen LogP) is 4.21. The molecule has 0 saturated carbocycles. The monoisotopic (exact) mass is 477 g/mol. The van der Waals surface area contributed by atoms with Crippen LogP contribution in [0, 0.1) is 5.92 Å². The van der Waals surface area contributed by atoms with E-state index in [1.165, 1.54) is 0 Å². The van der Waals surface area contributed by atoms with Gasteiger partial charge in [0, 0.05) is 31.3 Å². The summed E-state index contributed by atoms with van der Waals surface area (Å²) >= 11 is 0. The Kier molecular flexibility index (Phi) is 8.13. The molecule has 1 aliphatic heterocycles. The topological polar surface area (TPSA) is 89.4 Å². The predicted molar refractivity (Wildman–Crippen MR) is 136 cm³/mol. The molecule has 0 bridgehead atoms. The molecule has 0 spiro atoms. The molecule has 186 valence electrons. The Morgan fingerprint density at radius 2 is 2.00 bits per heavy atom. The minimum Gasteiger partial charge on any atom is -0.480 e. The largest absolute Gasteiger partial charge is 0.480 e. The van der Waals surface area contributed by atoms with Gasteiger partial charge in [-0.3, -0.25) is 9.59 Å². The van der Waals surface area contributed by atoms with E-state index >= 15 is 0 Å². The van der Waals surface area contributed by atoms with Crippen molar-refractivity contribution in [3.05, 3.63) is 42.9 Å². The summed E-state index contributed by atoms with van der Waals surface area (Å²) in [5.74, 6) is 0.900. The summed E-state index contributed by atoms with van der Waals surface area (Å²) in [5.41, 5.74) is 2.54. The zero-order chi connectivity index (χ0) is 24.8. The highest BCUT2D eigenvalue weighted by molar-refractivity contribution is 5.85. The third kappa shape index (κ3) is 5.88. The fraction of sp³-hybridized carbons (Fsp3) is 0.481. The number of fused-ring (bicyclic) bond motifs is 1. The molecule has 1 aliphatic rings. The van der Waals surface area contributed by atoms with Crippen LogP contribution in [-0.4, -0.2) is 58.4 Å². The second kappa shape index (κ2) is 11.4. The quantitative estimate of drug-likeness (QED) is 0.393. The molecular formula is C27H35N5O3. The average molecular weight is 478 g/mol. The van der Waals surface area contributed by atoms with Crippen LogP contribution >= 0.6 is 0 Å². The number of benzene rings is 1. The first-order valence-electron chi connectivity index (χ1n) is 12.5. The number of carbonyl (C=O) groups excluding carboxylic acids is 2. The van der Waals surface area contributed by atoms with Gasteiger partial charge in [-0.05, 0) is 38.4 Å². The van der Waals surface area contributed by atoms with Crippen molar-refractivity contribution in [2.24, 2.45) is 5.92 Å². The molecule has 1 fully saturated rings.